The molecule has 3 aromatic heterocycles. The summed E-state index contributed by atoms with van der Waals surface area (Å²) in [6.45, 7) is 0. The Morgan fingerprint density at radius 2 is 1.12 bits per heavy atom. The van der Waals surface area contributed by atoms with E-state index in [9.17, 15) is 0 Å². The second-order valence-corrected chi connectivity index (χ2v) is 13.1. The fraction of sp³-hybridized carbons (Fsp3) is 0. The molecule has 4 nitrogen and oxygen atoms in total. The molecule has 0 atom stereocenters. The average Bonchev–Trinajstić information content (AvgIpc) is 3.86. The van der Waals surface area contributed by atoms with Crippen LogP contribution in [0.15, 0.2) is 167 Å². The van der Waals surface area contributed by atoms with Crippen LogP contribution in [-0.4, -0.2) is 4.98 Å². The van der Waals surface area contributed by atoms with Crippen LogP contribution < -0.4 is 4.90 Å². The Labute approximate surface area is 279 Å². The molecule has 0 aliphatic carbocycles. The first-order chi connectivity index (χ1) is 23.8. The quantitative estimate of drug-likeness (QED) is 0.189. The first-order valence-electron chi connectivity index (χ1n) is 15.9. The summed E-state index contributed by atoms with van der Waals surface area (Å²) in [6.07, 6.45) is 0. The van der Waals surface area contributed by atoms with Crippen molar-refractivity contribution in [1.82, 2.24) is 4.98 Å². The van der Waals surface area contributed by atoms with Gasteiger partial charge in [0.2, 0.25) is 5.89 Å². The summed E-state index contributed by atoms with van der Waals surface area (Å²) in [4.78, 5) is 7.11. The van der Waals surface area contributed by atoms with Gasteiger partial charge in [-0.05, 0) is 83.9 Å². The highest BCUT2D eigenvalue weighted by Crippen LogP contribution is 2.43. The van der Waals surface area contributed by atoms with Crippen LogP contribution in [0, 0.1) is 0 Å². The van der Waals surface area contributed by atoms with E-state index >= 15 is 0 Å². The lowest BCUT2D eigenvalue weighted by Crippen LogP contribution is -2.09. The lowest BCUT2D eigenvalue weighted by Gasteiger charge is -2.26. The van der Waals surface area contributed by atoms with Gasteiger partial charge in [-0.1, -0.05) is 78.9 Å². The summed E-state index contributed by atoms with van der Waals surface area (Å²) in [5.41, 5.74) is 9.58. The molecular formula is C43H26N2O2S. The minimum Gasteiger partial charge on any atom is -0.456 e. The minimum absolute atomic E-state index is 0.602. The van der Waals surface area contributed by atoms with E-state index < -0.39 is 0 Å². The second kappa shape index (κ2) is 10.7. The van der Waals surface area contributed by atoms with Crippen molar-refractivity contribution in [3.63, 3.8) is 0 Å². The zero-order valence-corrected chi connectivity index (χ0v) is 26.4. The van der Waals surface area contributed by atoms with E-state index in [1.807, 2.05) is 59.9 Å². The van der Waals surface area contributed by atoms with E-state index in [-0.39, 0.29) is 0 Å². The highest BCUT2D eigenvalue weighted by molar-refractivity contribution is 7.25. The molecule has 3 heterocycles. The number of rotatable bonds is 5. The third kappa shape index (κ3) is 4.33. The molecule has 0 aliphatic rings. The Morgan fingerprint density at radius 1 is 0.458 bits per heavy atom. The highest BCUT2D eigenvalue weighted by atomic mass is 32.1. The van der Waals surface area contributed by atoms with E-state index in [4.69, 9.17) is 13.8 Å². The number of oxazole rings is 1. The molecule has 0 spiro atoms. The molecule has 0 radical (unpaired) electrons. The number of nitrogens with zero attached hydrogens (tertiary/aromatic N) is 2. The molecule has 0 N–H and O–H groups in total. The van der Waals surface area contributed by atoms with Gasteiger partial charge < -0.3 is 13.7 Å². The summed E-state index contributed by atoms with van der Waals surface area (Å²) >= 11 is 1.83. The maximum atomic E-state index is 6.52. The summed E-state index contributed by atoms with van der Waals surface area (Å²) in [5, 5.41) is 4.46. The minimum atomic E-state index is 0.602. The van der Waals surface area contributed by atoms with Crippen molar-refractivity contribution >= 4 is 81.6 Å². The zero-order valence-electron chi connectivity index (χ0n) is 25.6. The lowest BCUT2D eigenvalue weighted by atomic mass is 10.0. The van der Waals surface area contributed by atoms with E-state index in [1.54, 1.807) is 0 Å². The molecular weight excluding hydrogens is 609 g/mol. The Hall–Kier alpha value is -6.17. The van der Waals surface area contributed by atoms with Gasteiger partial charge in [0.05, 0.1) is 5.39 Å². The molecule has 7 aromatic carbocycles. The van der Waals surface area contributed by atoms with E-state index in [0.29, 0.717) is 5.89 Å². The molecule has 10 rings (SSSR count). The first-order valence-corrected chi connectivity index (χ1v) is 16.8. The SMILES string of the molecule is c1ccc(-c2ccc(N(c3ccc4c(c3)oc3ccc5nc(-c6ccccc6)oc5c34)c3ccc4sc5ccccc5c4c3)cc2)cc1. The number of aromatic nitrogens is 1. The van der Waals surface area contributed by atoms with Gasteiger partial charge in [0, 0.05) is 54.3 Å². The molecule has 0 bridgehead atoms. The molecule has 48 heavy (non-hydrogen) atoms. The van der Waals surface area contributed by atoms with Crippen LogP contribution in [0.5, 0.6) is 0 Å². The van der Waals surface area contributed by atoms with Gasteiger partial charge in [-0.25, -0.2) is 4.98 Å². The van der Waals surface area contributed by atoms with Crippen molar-refractivity contribution < 1.29 is 8.83 Å². The van der Waals surface area contributed by atoms with E-state index in [2.05, 4.69) is 114 Å². The third-order valence-electron chi connectivity index (χ3n) is 9.10. The lowest BCUT2D eigenvalue weighted by molar-refractivity contribution is 0.622. The van der Waals surface area contributed by atoms with Crippen molar-refractivity contribution in [1.29, 1.82) is 0 Å². The van der Waals surface area contributed by atoms with Crippen LogP contribution in [0.3, 0.4) is 0 Å². The maximum Gasteiger partial charge on any atom is 0.227 e. The second-order valence-electron chi connectivity index (χ2n) is 12.0. The predicted molar refractivity (Wildman–Crippen MR) is 200 cm³/mol. The van der Waals surface area contributed by atoms with E-state index in [1.165, 1.54) is 31.3 Å². The Kier molecular flexibility index (Phi) is 6.01. The van der Waals surface area contributed by atoms with Crippen LogP contribution >= 0.6 is 11.3 Å². The largest absolute Gasteiger partial charge is 0.456 e. The standard InChI is InChI=1S/C43H26N2O2S/c1-3-9-27(10-4-1)28-15-17-30(18-16-28)45(31-20-24-40-35(25-31)33-13-7-8-14-39(33)48-40)32-19-21-34-38(26-32)46-37-23-22-36-42(41(34)37)47-43(44-36)29-11-5-2-6-12-29/h1-26H. The molecule has 10 aromatic rings. The molecule has 0 aliphatic heterocycles. The maximum absolute atomic E-state index is 6.52. The predicted octanol–water partition coefficient (Wildman–Crippen LogP) is 12.9. The fourth-order valence-electron chi connectivity index (χ4n) is 6.81. The summed E-state index contributed by atoms with van der Waals surface area (Å²) in [7, 11) is 0. The molecule has 0 amide bonds. The third-order valence-corrected chi connectivity index (χ3v) is 10.3. The van der Waals surface area contributed by atoms with Crippen molar-refractivity contribution in [2.75, 3.05) is 4.90 Å². The highest BCUT2D eigenvalue weighted by Gasteiger charge is 2.20. The smallest absolute Gasteiger partial charge is 0.227 e. The molecule has 0 saturated heterocycles. The van der Waals surface area contributed by atoms with Crippen LogP contribution in [0.25, 0.3) is 75.8 Å². The molecule has 0 fully saturated rings. The number of furan rings is 1. The van der Waals surface area contributed by atoms with Crippen LogP contribution in [-0.2, 0) is 0 Å². The molecule has 0 saturated carbocycles. The van der Waals surface area contributed by atoms with Crippen LogP contribution in [0.4, 0.5) is 17.1 Å². The van der Waals surface area contributed by atoms with Gasteiger partial charge in [-0.2, -0.15) is 0 Å². The van der Waals surface area contributed by atoms with Gasteiger partial charge >= 0.3 is 0 Å². The van der Waals surface area contributed by atoms with Crippen LogP contribution in [0.2, 0.25) is 0 Å². The number of benzene rings is 7. The first kappa shape index (κ1) is 27.0. The monoisotopic (exact) mass is 634 g/mol. The van der Waals surface area contributed by atoms with Crippen LogP contribution in [0.1, 0.15) is 0 Å². The number of anilines is 3. The molecule has 226 valence electrons. The zero-order chi connectivity index (χ0) is 31.6. The fourth-order valence-corrected chi connectivity index (χ4v) is 7.90. The molecule has 5 heteroatoms. The van der Waals surface area contributed by atoms with Crippen molar-refractivity contribution in [3.05, 3.63) is 158 Å². The summed E-state index contributed by atoms with van der Waals surface area (Å²) in [6, 6.07) is 55.1. The number of fused-ring (bicyclic) bond motifs is 8. The Bertz CT molecular complexity index is 2780. The van der Waals surface area contributed by atoms with Gasteiger partial charge in [0.1, 0.15) is 16.7 Å². The van der Waals surface area contributed by atoms with Gasteiger partial charge in [0.15, 0.2) is 5.58 Å². The average molecular weight is 635 g/mol. The van der Waals surface area contributed by atoms with Crippen molar-refractivity contribution in [3.8, 4) is 22.6 Å². The number of hydrogen-bond donors (Lipinski definition) is 0. The normalized spacial score (nSPS) is 11.8. The number of hydrogen-bond acceptors (Lipinski definition) is 5. The number of thiophene rings is 1. The summed E-state index contributed by atoms with van der Waals surface area (Å²) < 4.78 is 15.5. The Balaban J connectivity index is 1.14. The van der Waals surface area contributed by atoms with E-state index in [0.717, 1.165) is 55.7 Å². The van der Waals surface area contributed by atoms with Gasteiger partial charge in [-0.3, -0.25) is 0 Å². The van der Waals surface area contributed by atoms with Crippen molar-refractivity contribution in [2.45, 2.75) is 0 Å². The van der Waals surface area contributed by atoms with Gasteiger partial charge in [-0.15, -0.1) is 11.3 Å². The van der Waals surface area contributed by atoms with Crippen molar-refractivity contribution in [2.24, 2.45) is 0 Å². The summed E-state index contributed by atoms with van der Waals surface area (Å²) in [5.74, 6) is 0.602. The Morgan fingerprint density at radius 3 is 1.96 bits per heavy atom. The molecule has 0 unspecified atom stereocenters. The van der Waals surface area contributed by atoms with Gasteiger partial charge in [0.25, 0.3) is 0 Å². The topological polar surface area (TPSA) is 42.4 Å².